The third-order valence-electron chi connectivity index (χ3n) is 2.53. The fourth-order valence-electron chi connectivity index (χ4n) is 1.70. The number of ether oxygens (including phenoxy) is 2. The van der Waals surface area contributed by atoms with Crippen LogP contribution in [0.15, 0.2) is 0 Å². The molecule has 0 aromatic heterocycles. The van der Waals surface area contributed by atoms with Crippen LogP contribution in [0.2, 0.25) is 0 Å². The van der Waals surface area contributed by atoms with Crippen LogP contribution >= 0.6 is 0 Å². The summed E-state index contributed by atoms with van der Waals surface area (Å²) in [4.78, 5) is 0. The molecule has 4 N–H and O–H groups in total. The Balaban J connectivity index is 2.75. The van der Waals surface area contributed by atoms with Gasteiger partial charge in [-0.1, -0.05) is 0 Å². The molecule has 4 atom stereocenters. The molecule has 96 valence electrons. The van der Waals surface area contributed by atoms with Crippen LogP contribution in [0.1, 0.15) is 13.8 Å². The molecular formula is C10H20O6. The average molecular weight is 236 g/mol. The van der Waals surface area contributed by atoms with Crippen molar-refractivity contribution in [3.05, 3.63) is 0 Å². The van der Waals surface area contributed by atoms with Crippen molar-refractivity contribution in [1.29, 1.82) is 0 Å². The van der Waals surface area contributed by atoms with E-state index in [1.165, 1.54) is 0 Å². The van der Waals surface area contributed by atoms with Crippen molar-refractivity contribution in [3.63, 3.8) is 0 Å². The molecule has 1 fully saturated rings. The summed E-state index contributed by atoms with van der Waals surface area (Å²) in [6.07, 6.45) is -3.97. The van der Waals surface area contributed by atoms with Gasteiger partial charge in [-0.15, -0.1) is 0 Å². The molecule has 1 heterocycles. The van der Waals surface area contributed by atoms with Crippen LogP contribution in [0.25, 0.3) is 0 Å². The normalized spacial score (nSPS) is 33.4. The van der Waals surface area contributed by atoms with Gasteiger partial charge in [0.25, 0.3) is 0 Å². The summed E-state index contributed by atoms with van der Waals surface area (Å²) < 4.78 is 10.9. The lowest BCUT2D eigenvalue weighted by Crippen LogP contribution is -2.58. The lowest BCUT2D eigenvalue weighted by molar-refractivity contribution is -0.266. The molecule has 0 aliphatic carbocycles. The standard InChI is InChI=1S/C10H20O6/c1-10(2)5-15-8(6(13)3-11)9(16-10)7(14)4-12/h6-9,11-14H,3-5H2,1-2H3. The van der Waals surface area contributed by atoms with E-state index in [-0.39, 0.29) is 6.61 Å². The Bertz CT molecular complexity index is 219. The molecule has 0 spiro atoms. The van der Waals surface area contributed by atoms with Crippen LogP contribution in [-0.4, -0.2) is 70.3 Å². The van der Waals surface area contributed by atoms with Crippen LogP contribution < -0.4 is 0 Å². The lowest BCUT2D eigenvalue weighted by atomic mass is 9.99. The summed E-state index contributed by atoms with van der Waals surface area (Å²) in [6, 6.07) is 0. The van der Waals surface area contributed by atoms with E-state index in [9.17, 15) is 10.2 Å². The number of hydrogen-bond acceptors (Lipinski definition) is 6. The molecule has 0 amide bonds. The summed E-state index contributed by atoms with van der Waals surface area (Å²) >= 11 is 0. The maximum absolute atomic E-state index is 9.58. The highest BCUT2D eigenvalue weighted by molar-refractivity contribution is 4.90. The Kier molecular flexibility index (Phi) is 4.66. The highest BCUT2D eigenvalue weighted by atomic mass is 16.6. The summed E-state index contributed by atoms with van der Waals surface area (Å²) in [5.74, 6) is 0. The highest BCUT2D eigenvalue weighted by Gasteiger charge is 2.43. The monoisotopic (exact) mass is 236 g/mol. The van der Waals surface area contributed by atoms with Crippen LogP contribution in [0.4, 0.5) is 0 Å². The second-order valence-electron chi connectivity index (χ2n) is 4.62. The molecule has 0 bridgehead atoms. The first kappa shape index (κ1) is 13.8. The van der Waals surface area contributed by atoms with Gasteiger partial charge in [0, 0.05) is 0 Å². The SMILES string of the molecule is CC1(C)COC(C(O)CO)C(C(O)CO)O1. The van der Waals surface area contributed by atoms with Gasteiger partial charge in [-0.2, -0.15) is 0 Å². The van der Waals surface area contributed by atoms with Crippen molar-refractivity contribution < 1.29 is 29.9 Å². The van der Waals surface area contributed by atoms with E-state index in [2.05, 4.69) is 0 Å². The average Bonchev–Trinajstić information content (AvgIpc) is 2.25. The zero-order valence-corrected chi connectivity index (χ0v) is 9.54. The second kappa shape index (κ2) is 5.39. The fourth-order valence-corrected chi connectivity index (χ4v) is 1.70. The van der Waals surface area contributed by atoms with Crippen molar-refractivity contribution in [2.75, 3.05) is 19.8 Å². The molecule has 1 aliphatic rings. The quantitative estimate of drug-likeness (QED) is 0.462. The van der Waals surface area contributed by atoms with Crippen LogP contribution in [0.3, 0.4) is 0 Å². The van der Waals surface area contributed by atoms with Gasteiger partial charge in [-0.25, -0.2) is 0 Å². The molecule has 6 heteroatoms. The van der Waals surface area contributed by atoms with E-state index in [4.69, 9.17) is 19.7 Å². The van der Waals surface area contributed by atoms with E-state index < -0.39 is 43.2 Å². The van der Waals surface area contributed by atoms with Crippen molar-refractivity contribution in [2.24, 2.45) is 0 Å². The first-order valence-corrected chi connectivity index (χ1v) is 5.28. The van der Waals surface area contributed by atoms with Crippen LogP contribution in [0.5, 0.6) is 0 Å². The lowest BCUT2D eigenvalue weighted by Gasteiger charge is -2.43. The molecule has 1 rings (SSSR count). The van der Waals surface area contributed by atoms with Gasteiger partial charge in [0.15, 0.2) is 0 Å². The zero-order valence-electron chi connectivity index (χ0n) is 9.54. The molecule has 6 nitrogen and oxygen atoms in total. The Morgan fingerprint density at radius 1 is 1.12 bits per heavy atom. The molecule has 0 radical (unpaired) electrons. The van der Waals surface area contributed by atoms with Crippen molar-refractivity contribution in [2.45, 2.75) is 43.9 Å². The topological polar surface area (TPSA) is 99.4 Å². The fraction of sp³-hybridized carbons (Fsp3) is 1.00. The molecule has 16 heavy (non-hydrogen) atoms. The van der Waals surface area contributed by atoms with Gasteiger partial charge in [0.05, 0.1) is 25.4 Å². The largest absolute Gasteiger partial charge is 0.394 e. The minimum absolute atomic E-state index is 0.253. The minimum Gasteiger partial charge on any atom is -0.394 e. The molecule has 0 aromatic rings. The Labute approximate surface area is 94.4 Å². The van der Waals surface area contributed by atoms with Crippen molar-refractivity contribution in [3.8, 4) is 0 Å². The first-order chi connectivity index (χ1) is 7.41. The minimum atomic E-state index is -1.15. The molecule has 1 saturated heterocycles. The predicted molar refractivity (Wildman–Crippen MR) is 54.9 cm³/mol. The van der Waals surface area contributed by atoms with Crippen LogP contribution in [0, 0.1) is 0 Å². The molecule has 0 saturated carbocycles. The van der Waals surface area contributed by atoms with E-state index in [1.807, 2.05) is 0 Å². The van der Waals surface area contributed by atoms with Gasteiger partial charge in [-0.3, -0.25) is 0 Å². The van der Waals surface area contributed by atoms with Gasteiger partial charge < -0.3 is 29.9 Å². The van der Waals surface area contributed by atoms with Crippen molar-refractivity contribution in [1.82, 2.24) is 0 Å². The van der Waals surface area contributed by atoms with E-state index in [0.717, 1.165) is 0 Å². The highest BCUT2D eigenvalue weighted by Crippen LogP contribution is 2.26. The smallest absolute Gasteiger partial charge is 0.115 e. The number of aliphatic hydroxyl groups excluding tert-OH is 4. The third-order valence-corrected chi connectivity index (χ3v) is 2.53. The maximum atomic E-state index is 9.58. The molecule has 4 unspecified atom stereocenters. The summed E-state index contributed by atoms with van der Waals surface area (Å²) in [5, 5.41) is 36.9. The van der Waals surface area contributed by atoms with Gasteiger partial charge in [-0.05, 0) is 13.8 Å². The summed E-state index contributed by atoms with van der Waals surface area (Å²) in [5.41, 5.74) is -0.591. The van der Waals surface area contributed by atoms with Gasteiger partial charge in [0.1, 0.15) is 24.4 Å². The zero-order chi connectivity index (χ0) is 12.3. The van der Waals surface area contributed by atoms with E-state index in [0.29, 0.717) is 0 Å². The number of aliphatic hydroxyl groups is 4. The van der Waals surface area contributed by atoms with Gasteiger partial charge in [0.2, 0.25) is 0 Å². The van der Waals surface area contributed by atoms with Crippen molar-refractivity contribution >= 4 is 0 Å². The molecule has 1 aliphatic heterocycles. The Morgan fingerprint density at radius 3 is 2.12 bits per heavy atom. The van der Waals surface area contributed by atoms with E-state index >= 15 is 0 Å². The summed E-state index contributed by atoms with van der Waals surface area (Å²) in [6.45, 7) is 2.85. The third kappa shape index (κ3) is 3.13. The summed E-state index contributed by atoms with van der Waals surface area (Å²) in [7, 11) is 0. The molecular weight excluding hydrogens is 216 g/mol. The second-order valence-corrected chi connectivity index (χ2v) is 4.62. The van der Waals surface area contributed by atoms with E-state index in [1.54, 1.807) is 13.8 Å². The first-order valence-electron chi connectivity index (χ1n) is 5.28. The van der Waals surface area contributed by atoms with Gasteiger partial charge >= 0.3 is 0 Å². The number of rotatable bonds is 4. The Morgan fingerprint density at radius 2 is 1.62 bits per heavy atom. The molecule has 0 aromatic carbocycles. The Hall–Kier alpha value is -0.240. The van der Waals surface area contributed by atoms with Crippen LogP contribution in [-0.2, 0) is 9.47 Å². The predicted octanol–water partition coefficient (Wildman–Crippen LogP) is -1.74. The number of hydrogen-bond donors (Lipinski definition) is 4. The maximum Gasteiger partial charge on any atom is 0.115 e.